The lowest BCUT2D eigenvalue weighted by Gasteiger charge is -2.22. The molecule has 0 radical (unpaired) electrons. The molecule has 1 atom stereocenters. The second-order valence-electron chi connectivity index (χ2n) is 8.81. The number of urea groups is 1. The van der Waals surface area contributed by atoms with Crippen LogP contribution in [0.2, 0.25) is 0 Å². The van der Waals surface area contributed by atoms with Gasteiger partial charge in [-0.15, -0.1) is 0 Å². The van der Waals surface area contributed by atoms with Gasteiger partial charge in [-0.25, -0.2) is 9.69 Å². The zero-order valence-electron chi connectivity index (χ0n) is 19.8. The molecule has 3 rings (SSSR count). The van der Waals surface area contributed by atoms with E-state index in [-0.39, 0.29) is 24.3 Å². The molecule has 2 aromatic rings. The molecule has 176 valence electrons. The molecule has 2 aromatic carbocycles. The van der Waals surface area contributed by atoms with Crippen LogP contribution in [0, 0.1) is 12.8 Å². The van der Waals surface area contributed by atoms with Crippen LogP contribution in [0.5, 0.6) is 5.75 Å². The topological polar surface area (TPSA) is 79.0 Å². The molecule has 7 heteroatoms. The third-order valence-corrected chi connectivity index (χ3v) is 5.52. The molecule has 0 saturated carbocycles. The maximum atomic E-state index is 13.3. The van der Waals surface area contributed by atoms with Crippen molar-refractivity contribution >= 4 is 29.2 Å². The molecule has 1 N–H and O–H groups in total. The molecule has 1 fully saturated rings. The minimum atomic E-state index is -0.830. The summed E-state index contributed by atoms with van der Waals surface area (Å²) in [5.41, 5.74) is 2.10. The highest BCUT2D eigenvalue weighted by atomic mass is 16.5. The monoisotopic (exact) mass is 451 g/mol. The number of carbonyl (C=O) groups is 3. The van der Waals surface area contributed by atoms with Crippen LogP contribution in [0.25, 0.3) is 0 Å². The van der Waals surface area contributed by atoms with E-state index in [0.717, 1.165) is 24.2 Å². The lowest BCUT2D eigenvalue weighted by molar-refractivity contribution is -0.124. The van der Waals surface area contributed by atoms with E-state index in [1.165, 1.54) is 9.80 Å². The number of rotatable bonds is 10. The van der Waals surface area contributed by atoms with Crippen molar-refractivity contribution in [3.63, 3.8) is 0 Å². The van der Waals surface area contributed by atoms with Crippen LogP contribution in [-0.4, -0.2) is 41.9 Å². The van der Waals surface area contributed by atoms with Crippen LogP contribution < -0.4 is 15.0 Å². The second-order valence-corrected chi connectivity index (χ2v) is 8.81. The van der Waals surface area contributed by atoms with Crippen molar-refractivity contribution < 1.29 is 19.1 Å². The lowest BCUT2D eigenvalue weighted by atomic mass is 10.1. The number of benzene rings is 2. The molecule has 4 amide bonds. The van der Waals surface area contributed by atoms with E-state index in [4.69, 9.17) is 4.74 Å². The summed E-state index contributed by atoms with van der Waals surface area (Å²) >= 11 is 0. The highest BCUT2D eigenvalue weighted by Crippen LogP contribution is 2.28. The van der Waals surface area contributed by atoms with Gasteiger partial charge in [-0.1, -0.05) is 32.9 Å². The van der Waals surface area contributed by atoms with E-state index in [0.29, 0.717) is 30.4 Å². The standard InChI is InChI=1S/C26H33N3O4/c1-5-15-33-22-11-9-20(10-12-22)27-24(30)17-23-25(31)29(21-8-6-7-19(4)16-21)26(32)28(23)14-13-18(2)3/h6-12,16,18,23H,5,13-15,17H2,1-4H3,(H,27,30)/t23-/m0/s1. The summed E-state index contributed by atoms with van der Waals surface area (Å²) in [6.45, 7) is 9.13. The van der Waals surface area contributed by atoms with Crippen LogP contribution in [-0.2, 0) is 9.59 Å². The first kappa shape index (κ1) is 24.3. The van der Waals surface area contributed by atoms with Crippen molar-refractivity contribution in [2.45, 2.75) is 53.0 Å². The molecular formula is C26H33N3O4. The molecule has 0 spiro atoms. The number of aryl methyl sites for hydroxylation is 1. The Labute approximate surface area is 195 Å². The molecular weight excluding hydrogens is 418 g/mol. The summed E-state index contributed by atoms with van der Waals surface area (Å²) < 4.78 is 5.56. The Morgan fingerprint density at radius 2 is 1.85 bits per heavy atom. The summed E-state index contributed by atoms with van der Waals surface area (Å²) in [6, 6.07) is 13.2. The summed E-state index contributed by atoms with van der Waals surface area (Å²) in [6.07, 6.45) is 1.57. The van der Waals surface area contributed by atoms with Gasteiger partial charge in [-0.3, -0.25) is 9.59 Å². The zero-order valence-corrected chi connectivity index (χ0v) is 19.8. The highest BCUT2D eigenvalue weighted by Gasteiger charge is 2.46. The SMILES string of the molecule is CCCOc1ccc(NC(=O)C[C@H]2C(=O)N(c3cccc(C)c3)C(=O)N2CCC(C)C)cc1. The fraction of sp³-hybridized carbons (Fsp3) is 0.423. The molecule has 1 aliphatic heterocycles. The van der Waals surface area contributed by atoms with Gasteiger partial charge in [0.15, 0.2) is 0 Å². The molecule has 1 aliphatic rings. The number of ether oxygens (including phenoxy) is 1. The number of hydrogen-bond acceptors (Lipinski definition) is 4. The first-order valence-electron chi connectivity index (χ1n) is 11.5. The van der Waals surface area contributed by atoms with Gasteiger partial charge in [0.1, 0.15) is 11.8 Å². The van der Waals surface area contributed by atoms with Crippen molar-refractivity contribution in [3.8, 4) is 5.75 Å². The highest BCUT2D eigenvalue weighted by molar-refractivity contribution is 6.22. The lowest BCUT2D eigenvalue weighted by Crippen LogP contribution is -2.39. The second kappa shape index (κ2) is 11.0. The van der Waals surface area contributed by atoms with E-state index in [1.54, 1.807) is 36.4 Å². The number of imide groups is 1. The summed E-state index contributed by atoms with van der Waals surface area (Å²) in [4.78, 5) is 42.0. The van der Waals surface area contributed by atoms with E-state index in [9.17, 15) is 14.4 Å². The quantitative estimate of drug-likeness (QED) is 0.516. The largest absolute Gasteiger partial charge is 0.494 e. The van der Waals surface area contributed by atoms with Crippen LogP contribution in [0.3, 0.4) is 0 Å². The van der Waals surface area contributed by atoms with Gasteiger partial charge < -0.3 is 15.0 Å². The Morgan fingerprint density at radius 1 is 1.12 bits per heavy atom. The van der Waals surface area contributed by atoms with E-state index >= 15 is 0 Å². The van der Waals surface area contributed by atoms with Crippen molar-refractivity contribution in [1.29, 1.82) is 0 Å². The van der Waals surface area contributed by atoms with Gasteiger partial charge in [0, 0.05) is 12.2 Å². The van der Waals surface area contributed by atoms with Gasteiger partial charge in [-0.05, 0) is 67.6 Å². The fourth-order valence-corrected chi connectivity index (χ4v) is 3.73. The maximum absolute atomic E-state index is 13.3. The first-order chi connectivity index (χ1) is 15.8. The van der Waals surface area contributed by atoms with E-state index in [1.807, 2.05) is 26.0 Å². The Balaban J connectivity index is 1.74. The summed E-state index contributed by atoms with van der Waals surface area (Å²) in [7, 11) is 0. The van der Waals surface area contributed by atoms with Crippen molar-refractivity contribution in [2.75, 3.05) is 23.4 Å². The van der Waals surface area contributed by atoms with E-state index < -0.39 is 6.04 Å². The van der Waals surface area contributed by atoms with Crippen LogP contribution in [0.15, 0.2) is 48.5 Å². The molecule has 0 unspecified atom stereocenters. The normalized spacial score (nSPS) is 16.0. The number of amides is 4. The first-order valence-corrected chi connectivity index (χ1v) is 11.5. The third kappa shape index (κ3) is 6.12. The Kier molecular flexibility index (Phi) is 8.09. The molecule has 1 saturated heterocycles. The van der Waals surface area contributed by atoms with Gasteiger partial charge in [0.2, 0.25) is 5.91 Å². The van der Waals surface area contributed by atoms with Gasteiger partial charge >= 0.3 is 6.03 Å². The average Bonchev–Trinajstić information content (AvgIpc) is 3.00. The van der Waals surface area contributed by atoms with E-state index in [2.05, 4.69) is 19.2 Å². The minimum Gasteiger partial charge on any atom is -0.494 e. The average molecular weight is 452 g/mol. The van der Waals surface area contributed by atoms with Gasteiger partial charge in [0.05, 0.1) is 18.7 Å². The van der Waals surface area contributed by atoms with Crippen molar-refractivity contribution in [3.05, 3.63) is 54.1 Å². The van der Waals surface area contributed by atoms with Crippen LogP contribution >= 0.6 is 0 Å². The Bertz CT molecular complexity index is 987. The third-order valence-electron chi connectivity index (χ3n) is 5.52. The van der Waals surface area contributed by atoms with Crippen LogP contribution in [0.4, 0.5) is 16.2 Å². The molecule has 1 heterocycles. The molecule has 7 nitrogen and oxygen atoms in total. The van der Waals surface area contributed by atoms with Gasteiger partial charge in [0.25, 0.3) is 5.91 Å². The maximum Gasteiger partial charge on any atom is 0.332 e. The zero-order chi connectivity index (χ0) is 24.0. The Morgan fingerprint density at radius 3 is 2.48 bits per heavy atom. The number of hydrogen-bond donors (Lipinski definition) is 1. The van der Waals surface area contributed by atoms with Crippen molar-refractivity contribution in [1.82, 2.24) is 4.90 Å². The molecule has 33 heavy (non-hydrogen) atoms. The number of nitrogens with zero attached hydrogens (tertiary/aromatic N) is 2. The summed E-state index contributed by atoms with van der Waals surface area (Å²) in [5, 5.41) is 2.83. The predicted molar refractivity (Wildman–Crippen MR) is 129 cm³/mol. The number of nitrogens with one attached hydrogen (secondary N) is 1. The summed E-state index contributed by atoms with van der Waals surface area (Å²) in [5.74, 6) is 0.417. The van der Waals surface area contributed by atoms with Crippen molar-refractivity contribution in [2.24, 2.45) is 5.92 Å². The number of anilines is 2. The van der Waals surface area contributed by atoms with Gasteiger partial charge in [-0.2, -0.15) is 0 Å². The molecule has 0 aliphatic carbocycles. The van der Waals surface area contributed by atoms with Crippen LogP contribution in [0.1, 0.15) is 45.6 Å². The predicted octanol–water partition coefficient (Wildman–Crippen LogP) is 5.00. The molecule has 0 bridgehead atoms. The Hall–Kier alpha value is -3.35. The molecule has 0 aromatic heterocycles. The number of carbonyl (C=O) groups excluding carboxylic acids is 3. The minimum absolute atomic E-state index is 0.0981. The fourth-order valence-electron chi connectivity index (χ4n) is 3.73. The smallest absolute Gasteiger partial charge is 0.332 e.